The highest BCUT2D eigenvalue weighted by molar-refractivity contribution is 7.80. The van der Waals surface area contributed by atoms with Crippen LogP contribution in [0.3, 0.4) is 0 Å². The number of aliphatic carboxylic acids is 1. The second-order valence-electron chi connectivity index (χ2n) is 10.1. The van der Waals surface area contributed by atoms with Crippen molar-refractivity contribution in [2.24, 2.45) is 16.8 Å². The van der Waals surface area contributed by atoms with Gasteiger partial charge in [0.1, 0.15) is 24.7 Å². The molecule has 4 heterocycles. The molecular formula is C24H29N9O10S2. The molecule has 21 heteroatoms. The second kappa shape index (κ2) is 13.6. The van der Waals surface area contributed by atoms with Crippen molar-refractivity contribution in [3.8, 4) is 11.7 Å². The minimum absolute atomic E-state index is 0.0503. The number of carboxylic acids is 1. The predicted molar refractivity (Wildman–Crippen MR) is 151 cm³/mol. The van der Waals surface area contributed by atoms with Crippen molar-refractivity contribution in [3.05, 3.63) is 42.2 Å². The highest BCUT2D eigenvalue weighted by Gasteiger charge is 2.57. The SMILES string of the molecule is CC1(C)[C@H](CC(=O)/C(=N\OC(COc2cnc(-n3cc[n+](CCCN)c3)nc2)C(=O)O)c2csc(N)n2)C(=O)N1OS(=O)(=O)[O-]. The number of nitrogen functional groups attached to an aromatic ring is 1. The monoisotopic (exact) mass is 667 g/mol. The van der Waals surface area contributed by atoms with Crippen molar-refractivity contribution in [3.63, 3.8) is 0 Å². The van der Waals surface area contributed by atoms with E-state index in [0.717, 1.165) is 24.3 Å². The van der Waals surface area contributed by atoms with Gasteiger partial charge in [-0.25, -0.2) is 22.8 Å². The molecule has 0 aromatic carbocycles. The summed E-state index contributed by atoms with van der Waals surface area (Å²) in [5.41, 5.74) is 9.36. The molecule has 45 heavy (non-hydrogen) atoms. The number of ether oxygens (including phenoxy) is 1. The molecule has 5 N–H and O–H groups in total. The number of thiazole rings is 1. The predicted octanol–water partition coefficient (Wildman–Crippen LogP) is -1.22. The fraction of sp³-hybridized carbons (Fsp3) is 0.417. The minimum Gasteiger partial charge on any atom is -0.724 e. The number of Topliss-reactive ketones (excluding diaryl/α,β-unsaturated/α-hetero) is 1. The maximum Gasteiger partial charge on any atom is 0.351 e. The van der Waals surface area contributed by atoms with Crippen molar-refractivity contribution in [1.82, 2.24) is 24.6 Å². The molecule has 1 amide bonds. The van der Waals surface area contributed by atoms with Gasteiger partial charge in [0.15, 0.2) is 22.4 Å². The summed E-state index contributed by atoms with van der Waals surface area (Å²) in [4.78, 5) is 55.2. The fourth-order valence-corrected chi connectivity index (χ4v) is 5.15. The van der Waals surface area contributed by atoms with Gasteiger partial charge in [-0.05, 0) is 26.8 Å². The largest absolute Gasteiger partial charge is 0.724 e. The van der Waals surface area contributed by atoms with E-state index in [0.29, 0.717) is 17.6 Å². The Morgan fingerprint density at radius 1 is 1.31 bits per heavy atom. The number of aromatic nitrogens is 5. The van der Waals surface area contributed by atoms with Crippen molar-refractivity contribution in [2.45, 2.75) is 44.9 Å². The number of carbonyl (C=O) groups excluding carboxylic acids is 2. The number of imidazole rings is 1. The number of carboxylic acid groups (broad SMARTS) is 1. The summed E-state index contributed by atoms with van der Waals surface area (Å²) >= 11 is 0.967. The van der Waals surface area contributed by atoms with Crippen LogP contribution < -0.4 is 20.8 Å². The first-order chi connectivity index (χ1) is 21.2. The van der Waals surface area contributed by atoms with Crippen LogP contribution in [0.4, 0.5) is 5.13 Å². The molecule has 1 aliphatic rings. The number of nitrogens with zero attached hydrogens (tertiary/aromatic N) is 7. The van der Waals surface area contributed by atoms with Crippen LogP contribution in [-0.4, -0.2) is 90.8 Å². The summed E-state index contributed by atoms with van der Waals surface area (Å²) in [7, 11) is -5.24. The van der Waals surface area contributed by atoms with Crippen LogP contribution in [-0.2, 0) is 40.4 Å². The molecule has 2 atom stereocenters. The van der Waals surface area contributed by atoms with Crippen LogP contribution >= 0.6 is 11.3 Å². The van der Waals surface area contributed by atoms with Gasteiger partial charge in [0.2, 0.25) is 10.4 Å². The number of aryl methyl sites for hydroxylation is 1. The third-order valence-electron chi connectivity index (χ3n) is 6.56. The number of carbonyl (C=O) groups is 3. The maximum atomic E-state index is 13.3. The molecule has 3 aromatic heterocycles. The lowest BCUT2D eigenvalue weighted by atomic mass is 9.74. The number of β-lactam (4-membered cyclic amide) rings is 1. The van der Waals surface area contributed by atoms with E-state index >= 15 is 0 Å². The van der Waals surface area contributed by atoms with E-state index in [1.165, 1.54) is 31.6 Å². The zero-order valence-electron chi connectivity index (χ0n) is 23.9. The Morgan fingerprint density at radius 2 is 2.02 bits per heavy atom. The highest BCUT2D eigenvalue weighted by atomic mass is 32.3. The van der Waals surface area contributed by atoms with Gasteiger partial charge in [-0.1, -0.05) is 5.16 Å². The van der Waals surface area contributed by atoms with Crippen LogP contribution in [0.15, 0.2) is 41.7 Å². The molecule has 0 spiro atoms. The van der Waals surface area contributed by atoms with Crippen molar-refractivity contribution in [2.75, 3.05) is 18.9 Å². The Bertz CT molecular complexity index is 1690. The summed E-state index contributed by atoms with van der Waals surface area (Å²) in [6, 6.07) is 0. The van der Waals surface area contributed by atoms with Crippen molar-refractivity contribution >= 4 is 50.2 Å². The smallest absolute Gasteiger partial charge is 0.351 e. The third-order valence-corrected chi connectivity index (χ3v) is 7.57. The van der Waals surface area contributed by atoms with E-state index in [2.05, 4.69) is 24.4 Å². The number of hydroxylamine groups is 2. The number of nitrogens with two attached hydrogens (primary N) is 2. The van der Waals surface area contributed by atoms with E-state index < -0.39 is 64.4 Å². The molecular weight excluding hydrogens is 638 g/mol. The molecule has 1 saturated heterocycles. The first-order valence-corrected chi connectivity index (χ1v) is 15.3. The van der Waals surface area contributed by atoms with E-state index in [4.69, 9.17) is 21.0 Å². The van der Waals surface area contributed by atoms with Gasteiger partial charge >= 0.3 is 11.9 Å². The number of oxime groups is 1. The third kappa shape index (κ3) is 8.13. The number of amides is 1. The summed E-state index contributed by atoms with van der Waals surface area (Å²) in [5.74, 6) is -3.86. The molecule has 0 aliphatic carbocycles. The number of anilines is 1. The van der Waals surface area contributed by atoms with Crippen LogP contribution in [0.5, 0.6) is 5.75 Å². The molecule has 1 aliphatic heterocycles. The fourth-order valence-electron chi connectivity index (χ4n) is 4.15. The van der Waals surface area contributed by atoms with Crippen LogP contribution in [0.25, 0.3) is 5.95 Å². The van der Waals surface area contributed by atoms with Gasteiger partial charge in [0.05, 0.1) is 30.4 Å². The van der Waals surface area contributed by atoms with Gasteiger partial charge in [0, 0.05) is 11.8 Å². The number of hydrogen-bond donors (Lipinski definition) is 3. The van der Waals surface area contributed by atoms with Crippen molar-refractivity contribution in [1.29, 1.82) is 0 Å². The van der Waals surface area contributed by atoms with Crippen molar-refractivity contribution < 1.29 is 50.9 Å². The van der Waals surface area contributed by atoms with Crippen LogP contribution in [0.1, 0.15) is 32.4 Å². The van der Waals surface area contributed by atoms with E-state index in [9.17, 15) is 32.5 Å². The number of ketones is 1. The Hall–Kier alpha value is -4.57. The Labute approximate surface area is 259 Å². The quantitative estimate of drug-likeness (QED) is 0.0403. The average molecular weight is 668 g/mol. The molecule has 19 nitrogen and oxygen atoms in total. The summed E-state index contributed by atoms with van der Waals surface area (Å²) < 4.78 is 46.2. The van der Waals surface area contributed by atoms with E-state index in [1.54, 1.807) is 17.1 Å². The number of hydrogen-bond acceptors (Lipinski definition) is 16. The van der Waals surface area contributed by atoms with Crippen LogP contribution in [0.2, 0.25) is 0 Å². The molecule has 242 valence electrons. The summed E-state index contributed by atoms with van der Waals surface area (Å²) in [6.07, 6.45) is 6.63. The van der Waals surface area contributed by atoms with E-state index in [1.807, 2.05) is 10.8 Å². The first-order valence-electron chi connectivity index (χ1n) is 13.1. The van der Waals surface area contributed by atoms with Gasteiger partial charge in [-0.2, -0.15) is 23.9 Å². The normalized spacial score (nSPS) is 17.1. The lowest BCUT2D eigenvalue weighted by Gasteiger charge is -2.51. The molecule has 4 rings (SSSR count). The molecule has 1 fully saturated rings. The molecule has 3 aromatic rings. The standard InChI is InChI=1S/C24H29N9O10S2/c1-24(2)15(20(35)33(24)43-45(38,39)40)8-17(34)19(16-12-44-22(26)29-16)30-42-18(21(36)37)11-41-14-9-27-23(28-10-14)32-7-6-31(13-32)5-3-4-25/h6-7,9-10,12-13,15,18H,3-5,8,11,25H2,1-2H3,(H3-,26,29,36,37,38,39,40)/b30-19-/t15-,18?/m1/s1. The van der Waals surface area contributed by atoms with Gasteiger partial charge in [-0.3, -0.25) is 9.59 Å². The first kappa shape index (κ1) is 33.3. The Morgan fingerprint density at radius 3 is 2.60 bits per heavy atom. The summed E-state index contributed by atoms with van der Waals surface area (Å²) in [5, 5.41) is 15.2. The molecule has 0 bridgehead atoms. The topological polar surface area (TPSA) is 271 Å². The molecule has 1 unspecified atom stereocenters. The second-order valence-corrected chi connectivity index (χ2v) is 12.0. The average Bonchev–Trinajstić information content (AvgIpc) is 3.64. The van der Waals surface area contributed by atoms with Gasteiger partial charge in [-0.15, -0.1) is 11.3 Å². The lowest BCUT2D eigenvalue weighted by molar-refractivity contribution is -0.696. The minimum atomic E-state index is -5.24. The highest BCUT2D eigenvalue weighted by Crippen LogP contribution is 2.40. The zero-order chi connectivity index (χ0) is 32.9. The zero-order valence-corrected chi connectivity index (χ0v) is 25.5. The maximum absolute atomic E-state index is 13.3. The Balaban J connectivity index is 1.44. The molecule has 0 saturated carbocycles. The van der Waals surface area contributed by atoms with Gasteiger partial charge < -0.3 is 30.7 Å². The number of rotatable bonds is 16. The molecule has 0 radical (unpaired) electrons. The van der Waals surface area contributed by atoms with Crippen LogP contribution in [0, 0.1) is 5.92 Å². The summed E-state index contributed by atoms with van der Waals surface area (Å²) in [6.45, 7) is 3.50. The Kier molecular flexibility index (Phi) is 10.1. The lowest BCUT2D eigenvalue weighted by Crippen LogP contribution is -2.68. The van der Waals surface area contributed by atoms with Gasteiger partial charge in [0.25, 0.3) is 18.3 Å². The van der Waals surface area contributed by atoms with E-state index in [-0.39, 0.29) is 16.6 Å².